The zero-order valence-corrected chi connectivity index (χ0v) is 15.1. The minimum Gasteiger partial charge on any atom is -0.445 e. The summed E-state index contributed by atoms with van der Waals surface area (Å²) in [6, 6.07) is 14.7. The van der Waals surface area contributed by atoms with E-state index in [-0.39, 0.29) is 19.1 Å². The van der Waals surface area contributed by atoms with E-state index in [1.165, 1.54) is 0 Å². The van der Waals surface area contributed by atoms with Gasteiger partial charge < -0.3 is 26.0 Å². The second-order valence-corrected chi connectivity index (χ2v) is 6.50. The van der Waals surface area contributed by atoms with Gasteiger partial charge in [0.05, 0.1) is 0 Å². The summed E-state index contributed by atoms with van der Waals surface area (Å²) >= 11 is 0. The zero-order valence-electron chi connectivity index (χ0n) is 15.1. The summed E-state index contributed by atoms with van der Waals surface area (Å²) in [5.74, 6) is 0.268. The standard InChI is InChI=1S/C20H26N2O4/c1-13(2)15-8-9-17(21)16(10-15)19(24)18(23)11-22-20(25)26-12-14-6-4-3-5-7-14/h3-10,13,18-19,23-24H,11-12,21H2,1-2H3,(H,22,25). The van der Waals surface area contributed by atoms with Crippen LogP contribution in [0.3, 0.4) is 0 Å². The normalized spacial score (nSPS) is 13.3. The largest absolute Gasteiger partial charge is 0.445 e. The fraction of sp³-hybridized carbons (Fsp3) is 0.350. The number of hydrogen-bond acceptors (Lipinski definition) is 5. The number of nitrogen functional groups attached to an aromatic ring is 1. The van der Waals surface area contributed by atoms with E-state index in [1.54, 1.807) is 12.1 Å². The lowest BCUT2D eigenvalue weighted by Crippen LogP contribution is -2.36. The maximum Gasteiger partial charge on any atom is 0.407 e. The van der Waals surface area contributed by atoms with E-state index in [4.69, 9.17) is 10.5 Å². The molecular weight excluding hydrogens is 332 g/mol. The molecule has 0 aliphatic heterocycles. The number of rotatable bonds is 7. The average Bonchev–Trinajstić information content (AvgIpc) is 2.64. The van der Waals surface area contributed by atoms with Gasteiger partial charge in [-0.3, -0.25) is 0 Å². The Balaban J connectivity index is 1.87. The third-order valence-electron chi connectivity index (χ3n) is 4.13. The minimum absolute atomic E-state index is 0.134. The summed E-state index contributed by atoms with van der Waals surface area (Å²) in [6.07, 6.45) is -3.07. The van der Waals surface area contributed by atoms with E-state index < -0.39 is 18.3 Å². The van der Waals surface area contributed by atoms with Crippen molar-refractivity contribution in [1.82, 2.24) is 5.32 Å². The van der Waals surface area contributed by atoms with Crippen LogP contribution in [0, 0.1) is 0 Å². The molecule has 2 unspecified atom stereocenters. The van der Waals surface area contributed by atoms with E-state index in [2.05, 4.69) is 5.32 Å². The Morgan fingerprint density at radius 3 is 2.50 bits per heavy atom. The molecule has 6 heteroatoms. The van der Waals surface area contributed by atoms with Crippen molar-refractivity contribution in [3.05, 3.63) is 65.2 Å². The van der Waals surface area contributed by atoms with Gasteiger partial charge in [-0.15, -0.1) is 0 Å². The van der Waals surface area contributed by atoms with Crippen molar-refractivity contribution in [3.63, 3.8) is 0 Å². The maximum atomic E-state index is 11.7. The summed E-state index contributed by atoms with van der Waals surface area (Å²) in [5, 5.41) is 23.0. The summed E-state index contributed by atoms with van der Waals surface area (Å²) in [6.45, 7) is 4.04. The van der Waals surface area contributed by atoms with E-state index in [0.29, 0.717) is 11.3 Å². The number of hydrogen-bond donors (Lipinski definition) is 4. The number of carbonyl (C=O) groups excluding carboxylic acids is 1. The van der Waals surface area contributed by atoms with Gasteiger partial charge in [0.1, 0.15) is 18.8 Å². The average molecular weight is 358 g/mol. The topological polar surface area (TPSA) is 105 Å². The van der Waals surface area contributed by atoms with Gasteiger partial charge in [-0.25, -0.2) is 4.79 Å². The van der Waals surface area contributed by atoms with Gasteiger partial charge in [-0.2, -0.15) is 0 Å². The molecule has 2 aromatic carbocycles. The summed E-state index contributed by atoms with van der Waals surface area (Å²) < 4.78 is 5.07. The summed E-state index contributed by atoms with van der Waals surface area (Å²) in [7, 11) is 0. The van der Waals surface area contributed by atoms with E-state index >= 15 is 0 Å². The second kappa shape index (κ2) is 9.22. The highest BCUT2D eigenvalue weighted by atomic mass is 16.5. The van der Waals surface area contributed by atoms with Crippen LogP contribution in [-0.4, -0.2) is 29.0 Å². The van der Waals surface area contributed by atoms with Crippen LogP contribution >= 0.6 is 0 Å². The monoisotopic (exact) mass is 358 g/mol. The number of alkyl carbamates (subject to hydrolysis) is 1. The van der Waals surface area contributed by atoms with Crippen molar-refractivity contribution in [2.45, 2.75) is 38.6 Å². The van der Waals surface area contributed by atoms with E-state index in [9.17, 15) is 15.0 Å². The van der Waals surface area contributed by atoms with Crippen LogP contribution < -0.4 is 11.1 Å². The molecule has 0 aliphatic rings. The Morgan fingerprint density at radius 1 is 1.15 bits per heavy atom. The van der Waals surface area contributed by atoms with Crippen LogP contribution in [0.2, 0.25) is 0 Å². The molecule has 0 saturated carbocycles. The second-order valence-electron chi connectivity index (χ2n) is 6.50. The number of ether oxygens (including phenoxy) is 1. The Hall–Kier alpha value is -2.57. The van der Waals surface area contributed by atoms with Crippen LogP contribution in [-0.2, 0) is 11.3 Å². The Morgan fingerprint density at radius 2 is 1.85 bits per heavy atom. The zero-order chi connectivity index (χ0) is 19.1. The Labute approximate surface area is 153 Å². The number of benzene rings is 2. The van der Waals surface area contributed by atoms with Crippen LogP contribution in [0.15, 0.2) is 48.5 Å². The molecule has 5 N–H and O–H groups in total. The molecule has 0 fully saturated rings. The number of carbonyl (C=O) groups is 1. The van der Waals surface area contributed by atoms with Crippen molar-refractivity contribution < 1.29 is 19.7 Å². The number of nitrogens with two attached hydrogens (primary N) is 1. The highest BCUT2D eigenvalue weighted by Crippen LogP contribution is 2.27. The molecule has 1 amide bonds. The first-order chi connectivity index (χ1) is 12.4. The van der Waals surface area contributed by atoms with Crippen molar-refractivity contribution in [2.75, 3.05) is 12.3 Å². The predicted octanol–water partition coefficient (Wildman–Crippen LogP) is 2.71. The lowest BCUT2D eigenvalue weighted by atomic mass is 9.95. The number of amides is 1. The third-order valence-corrected chi connectivity index (χ3v) is 4.13. The molecule has 2 aromatic rings. The van der Waals surface area contributed by atoms with E-state index in [1.807, 2.05) is 50.2 Å². The number of anilines is 1. The molecule has 0 saturated heterocycles. The van der Waals surface area contributed by atoms with Gasteiger partial charge in [0.25, 0.3) is 0 Å². The molecule has 0 heterocycles. The number of aliphatic hydroxyl groups excluding tert-OH is 2. The first kappa shape index (κ1) is 19.8. The predicted molar refractivity (Wildman–Crippen MR) is 101 cm³/mol. The highest BCUT2D eigenvalue weighted by Gasteiger charge is 2.22. The van der Waals surface area contributed by atoms with E-state index in [0.717, 1.165) is 11.1 Å². The lowest BCUT2D eigenvalue weighted by Gasteiger charge is -2.21. The molecule has 0 aliphatic carbocycles. The lowest BCUT2D eigenvalue weighted by molar-refractivity contribution is 0.0188. The molecule has 2 atom stereocenters. The van der Waals surface area contributed by atoms with Gasteiger partial charge >= 0.3 is 6.09 Å². The Kier molecular flexibility index (Phi) is 7.00. The number of nitrogens with one attached hydrogen (secondary N) is 1. The van der Waals surface area contributed by atoms with Crippen molar-refractivity contribution in [1.29, 1.82) is 0 Å². The minimum atomic E-state index is -1.21. The highest BCUT2D eigenvalue weighted by molar-refractivity contribution is 5.67. The molecule has 0 spiro atoms. The molecule has 140 valence electrons. The molecular formula is C20H26N2O4. The first-order valence-corrected chi connectivity index (χ1v) is 8.58. The van der Waals surface area contributed by atoms with Crippen LogP contribution in [0.25, 0.3) is 0 Å². The smallest absolute Gasteiger partial charge is 0.407 e. The van der Waals surface area contributed by atoms with Gasteiger partial charge in [-0.05, 0) is 23.1 Å². The molecule has 0 bridgehead atoms. The molecule has 2 rings (SSSR count). The molecule has 0 radical (unpaired) electrons. The SMILES string of the molecule is CC(C)c1ccc(N)c(C(O)C(O)CNC(=O)OCc2ccccc2)c1. The van der Waals surface area contributed by atoms with Gasteiger partial charge in [-0.1, -0.05) is 56.3 Å². The quantitative estimate of drug-likeness (QED) is 0.570. The fourth-order valence-electron chi connectivity index (χ4n) is 2.49. The van der Waals surface area contributed by atoms with Gasteiger partial charge in [0.2, 0.25) is 0 Å². The van der Waals surface area contributed by atoms with Gasteiger partial charge in [0, 0.05) is 17.8 Å². The molecule has 6 nitrogen and oxygen atoms in total. The fourth-order valence-corrected chi connectivity index (χ4v) is 2.49. The van der Waals surface area contributed by atoms with Crippen molar-refractivity contribution >= 4 is 11.8 Å². The maximum absolute atomic E-state index is 11.7. The number of aliphatic hydroxyl groups is 2. The van der Waals surface area contributed by atoms with Crippen molar-refractivity contribution in [3.8, 4) is 0 Å². The summed E-state index contributed by atoms with van der Waals surface area (Å²) in [4.78, 5) is 11.7. The Bertz CT molecular complexity index is 719. The first-order valence-electron chi connectivity index (χ1n) is 8.58. The van der Waals surface area contributed by atoms with Crippen molar-refractivity contribution in [2.24, 2.45) is 0 Å². The molecule has 0 aromatic heterocycles. The summed E-state index contributed by atoms with van der Waals surface area (Å²) in [5.41, 5.74) is 8.63. The molecule has 26 heavy (non-hydrogen) atoms. The van der Waals surface area contributed by atoms with Crippen LogP contribution in [0.5, 0.6) is 0 Å². The van der Waals surface area contributed by atoms with Crippen LogP contribution in [0.4, 0.5) is 10.5 Å². The third kappa shape index (κ3) is 5.47. The van der Waals surface area contributed by atoms with Crippen LogP contribution in [0.1, 0.15) is 42.6 Å². The van der Waals surface area contributed by atoms with Gasteiger partial charge in [0.15, 0.2) is 0 Å².